The number of benzene rings is 1. The highest BCUT2D eigenvalue weighted by molar-refractivity contribution is 5.18. The van der Waals surface area contributed by atoms with E-state index in [2.05, 4.69) is 0 Å². The summed E-state index contributed by atoms with van der Waals surface area (Å²) >= 11 is 0. The summed E-state index contributed by atoms with van der Waals surface area (Å²) in [6.45, 7) is 1.89. The Balaban J connectivity index is 2.78. The van der Waals surface area contributed by atoms with Crippen LogP contribution in [0.2, 0.25) is 0 Å². The molecule has 2 nitrogen and oxygen atoms in total. The molecule has 0 saturated carbocycles. The molecule has 0 aliphatic rings. The Morgan fingerprint density at radius 1 is 1.54 bits per heavy atom. The van der Waals surface area contributed by atoms with Gasteiger partial charge in [-0.3, -0.25) is 0 Å². The summed E-state index contributed by atoms with van der Waals surface area (Å²) < 4.78 is 17.9. The Kier molecular flexibility index (Phi) is 3.86. The van der Waals surface area contributed by atoms with Gasteiger partial charge >= 0.3 is 0 Å². The summed E-state index contributed by atoms with van der Waals surface area (Å²) in [5.41, 5.74) is 0.608. The molecule has 0 spiro atoms. The average molecular weight is 183 g/mol. The minimum atomic E-state index is -0.527. The van der Waals surface area contributed by atoms with Gasteiger partial charge < -0.3 is 4.74 Å². The van der Waals surface area contributed by atoms with E-state index in [0.717, 1.165) is 0 Å². The molecule has 0 heterocycles. The van der Waals surface area contributed by atoms with Gasteiger partial charge in [-0.1, -0.05) is 12.1 Å². The lowest BCUT2D eigenvalue weighted by molar-refractivity contribution is -0.00456. The predicted octanol–water partition coefficient (Wildman–Crippen LogP) is 2.33. The molecule has 0 fully saturated rings. The van der Waals surface area contributed by atoms with Crippen molar-refractivity contribution < 1.29 is 14.2 Å². The van der Waals surface area contributed by atoms with Gasteiger partial charge in [-0.25, -0.2) is 9.50 Å². The van der Waals surface area contributed by atoms with Crippen molar-refractivity contribution in [2.75, 3.05) is 13.2 Å². The number of ether oxygens (including phenoxy) is 1. The Hall–Kier alpha value is -0.930. The van der Waals surface area contributed by atoms with Crippen molar-refractivity contribution in [3.05, 3.63) is 35.6 Å². The Morgan fingerprint density at radius 2 is 2.31 bits per heavy atom. The third-order valence-corrected chi connectivity index (χ3v) is 1.74. The van der Waals surface area contributed by atoms with Gasteiger partial charge in [0.25, 0.3) is 0 Å². The van der Waals surface area contributed by atoms with E-state index in [0.29, 0.717) is 12.2 Å². The van der Waals surface area contributed by atoms with E-state index in [1.807, 2.05) is 6.92 Å². The summed E-state index contributed by atoms with van der Waals surface area (Å²) in [6.07, 6.45) is -0.527. The maximum absolute atomic E-state index is 12.7. The molecule has 0 amide bonds. The molecule has 1 unspecified atom stereocenters. The summed E-state index contributed by atoms with van der Waals surface area (Å²) in [5.74, 6) is -0.337. The summed E-state index contributed by atoms with van der Waals surface area (Å²) in [4.78, 5) is 0. The smallest absolute Gasteiger partial charge is 0.123 e. The van der Waals surface area contributed by atoms with Crippen molar-refractivity contribution >= 4 is 0 Å². The summed E-state index contributed by atoms with van der Waals surface area (Å²) in [6, 6.07) is 5.95. The van der Waals surface area contributed by atoms with E-state index < -0.39 is 6.10 Å². The lowest BCUT2D eigenvalue weighted by Gasteiger charge is -2.13. The maximum Gasteiger partial charge on any atom is 0.123 e. The van der Waals surface area contributed by atoms with Gasteiger partial charge in [-0.2, -0.15) is 0 Å². The van der Waals surface area contributed by atoms with Crippen LogP contribution in [-0.4, -0.2) is 13.2 Å². The number of hydrogen-bond acceptors (Lipinski definition) is 1. The van der Waals surface area contributed by atoms with Gasteiger partial charge in [0.1, 0.15) is 18.5 Å². The molecule has 71 valence electrons. The maximum atomic E-state index is 12.7. The highest BCUT2D eigenvalue weighted by atomic mass is 19.1. The van der Waals surface area contributed by atoms with Gasteiger partial charge in [0, 0.05) is 6.61 Å². The third kappa shape index (κ3) is 2.79. The Labute approximate surface area is 77.0 Å². The zero-order valence-corrected chi connectivity index (χ0v) is 7.50. The molecular weight excluding hydrogens is 171 g/mol. The second kappa shape index (κ2) is 4.94. The van der Waals surface area contributed by atoms with Crippen molar-refractivity contribution in [3.8, 4) is 0 Å². The lowest BCUT2D eigenvalue weighted by atomic mass is 10.1. The Bertz CT molecular complexity index is 263. The minimum absolute atomic E-state index is 0.337. The zero-order chi connectivity index (χ0) is 9.68. The van der Waals surface area contributed by atoms with Crippen LogP contribution in [0.3, 0.4) is 0 Å². The fourth-order valence-corrected chi connectivity index (χ4v) is 1.15. The first kappa shape index (κ1) is 10.2. The summed E-state index contributed by atoms with van der Waals surface area (Å²) in [7, 11) is 0. The van der Waals surface area contributed by atoms with E-state index in [9.17, 15) is 9.50 Å². The first-order chi connectivity index (χ1) is 6.27. The van der Waals surface area contributed by atoms with Crippen LogP contribution in [-0.2, 0) is 9.84 Å². The molecule has 1 rings (SSSR count). The average Bonchev–Trinajstić information content (AvgIpc) is 2.14. The minimum Gasteiger partial charge on any atom is -0.371 e. The van der Waals surface area contributed by atoms with Gasteiger partial charge in [0.05, 0.1) is 0 Å². The van der Waals surface area contributed by atoms with Crippen LogP contribution in [0.25, 0.3) is 0 Å². The van der Waals surface area contributed by atoms with Crippen molar-refractivity contribution in [2.45, 2.75) is 13.0 Å². The van der Waals surface area contributed by atoms with Crippen LogP contribution in [0.1, 0.15) is 18.6 Å². The van der Waals surface area contributed by atoms with Gasteiger partial charge in [-0.05, 0) is 24.6 Å². The Morgan fingerprint density at radius 3 is 2.85 bits per heavy atom. The van der Waals surface area contributed by atoms with Crippen molar-refractivity contribution in [2.24, 2.45) is 0 Å². The SMILES string of the molecule is CCOC(C[O])c1cccc(F)c1. The zero-order valence-electron chi connectivity index (χ0n) is 7.50. The quantitative estimate of drug-likeness (QED) is 0.704. The molecular formula is C10H12FO2. The van der Waals surface area contributed by atoms with E-state index in [-0.39, 0.29) is 12.4 Å². The number of hydrogen-bond donors (Lipinski definition) is 0. The monoisotopic (exact) mass is 183 g/mol. The van der Waals surface area contributed by atoms with Crippen LogP contribution in [0.4, 0.5) is 4.39 Å². The van der Waals surface area contributed by atoms with E-state index >= 15 is 0 Å². The van der Waals surface area contributed by atoms with Crippen molar-refractivity contribution in [3.63, 3.8) is 0 Å². The molecule has 0 aromatic heterocycles. The second-order valence-corrected chi connectivity index (χ2v) is 2.67. The molecule has 0 bridgehead atoms. The normalized spacial score (nSPS) is 12.8. The topological polar surface area (TPSA) is 29.1 Å². The lowest BCUT2D eigenvalue weighted by Crippen LogP contribution is -2.08. The predicted molar refractivity (Wildman–Crippen MR) is 46.3 cm³/mol. The largest absolute Gasteiger partial charge is 0.371 e. The fraction of sp³-hybridized carbons (Fsp3) is 0.400. The molecule has 0 aliphatic heterocycles. The van der Waals surface area contributed by atoms with Crippen LogP contribution in [0.15, 0.2) is 24.3 Å². The third-order valence-electron chi connectivity index (χ3n) is 1.74. The van der Waals surface area contributed by atoms with E-state index in [1.165, 1.54) is 12.1 Å². The molecule has 0 aliphatic carbocycles. The number of rotatable bonds is 4. The highest BCUT2D eigenvalue weighted by Crippen LogP contribution is 2.17. The van der Waals surface area contributed by atoms with E-state index in [1.54, 1.807) is 12.1 Å². The summed E-state index contributed by atoms with van der Waals surface area (Å²) in [5, 5.41) is 10.7. The van der Waals surface area contributed by atoms with Gasteiger partial charge in [0.2, 0.25) is 0 Å². The second-order valence-electron chi connectivity index (χ2n) is 2.67. The van der Waals surface area contributed by atoms with Gasteiger partial charge in [-0.15, -0.1) is 0 Å². The van der Waals surface area contributed by atoms with E-state index in [4.69, 9.17) is 4.74 Å². The standard InChI is InChI=1S/C10H12FO2/c1-2-13-10(7-12)8-4-3-5-9(11)6-8/h3-6,10H,2,7H2,1H3. The molecule has 1 atom stereocenters. The molecule has 0 saturated heterocycles. The molecule has 1 radical (unpaired) electrons. The molecule has 1 aromatic rings. The van der Waals surface area contributed by atoms with Crippen LogP contribution < -0.4 is 0 Å². The van der Waals surface area contributed by atoms with Crippen molar-refractivity contribution in [1.29, 1.82) is 0 Å². The first-order valence-corrected chi connectivity index (χ1v) is 4.23. The fourth-order valence-electron chi connectivity index (χ4n) is 1.15. The van der Waals surface area contributed by atoms with Crippen LogP contribution >= 0.6 is 0 Å². The first-order valence-electron chi connectivity index (χ1n) is 4.23. The molecule has 3 heteroatoms. The molecule has 1 aromatic carbocycles. The van der Waals surface area contributed by atoms with Crippen LogP contribution in [0, 0.1) is 5.82 Å². The number of halogens is 1. The highest BCUT2D eigenvalue weighted by Gasteiger charge is 2.10. The molecule has 0 N–H and O–H groups in total. The van der Waals surface area contributed by atoms with Crippen molar-refractivity contribution in [1.82, 2.24) is 0 Å². The molecule has 13 heavy (non-hydrogen) atoms. The van der Waals surface area contributed by atoms with Crippen LogP contribution in [0.5, 0.6) is 0 Å². The van der Waals surface area contributed by atoms with Gasteiger partial charge in [0.15, 0.2) is 0 Å².